The Hall–Kier alpha value is -2.13. The Kier molecular flexibility index (Phi) is 5.54. The van der Waals surface area contributed by atoms with Crippen LogP contribution in [0, 0.1) is 0 Å². The van der Waals surface area contributed by atoms with Crippen molar-refractivity contribution in [1.82, 2.24) is 5.32 Å². The monoisotopic (exact) mass is 336 g/mol. The van der Waals surface area contributed by atoms with Crippen molar-refractivity contribution >= 4 is 11.5 Å². The van der Waals surface area contributed by atoms with Crippen LogP contribution in [-0.4, -0.2) is 19.0 Å². The molecular weight excluding hydrogens is 308 g/mol. The first-order valence-electron chi connectivity index (χ1n) is 9.36. The van der Waals surface area contributed by atoms with E-state index in [0.29, 0.717) is 6.42 Å². The van der Waals surface area contributed by atoms with Crippen LogP contribution < -0.4 is 11.1 Å². The van der Waals surface area contributed by atoms with Crippen molar-refractivity contribution in [2.24, 2.45) is 5.73 Å². The van der Waals surface area contributed by atoms with Gasteiger partial charge in [-0.2, -0.15) is 0 Å². The van der Waals surface area contributed by atoms with Crippen molar-refractivity contribution in [2.45, 2.75) is 44.4 Å². The molecular formula is C22H28N2O. The van der Waals surface area contributed by atoms with Gasteiger partial charge in [-0.25, -0.2) is 0 Å². The fourth-order valence-electron chi connectivity index (χ4n) is 4.28. The normalized spacial score (nSPS) is 21.2. The highest BCUT2D eigenvalue weighted by Crippen LogP contribution is 2.54. The lowest BCUT2D eigenvalue weighted by atomic mass is 9.71. The highest BCUT2D eigenvalue weighted by Gasteiger charge is 2.45. The van der Waals surface area contributed by atoms with Crippen molar-refractivity contribution in [2.75, 3.05) is 13.1 Å². The Balaban J connectivity index is 2.00. The summed E-state index contributed by atoms with van der Waals surface area (Å²) in [7, 11) is 0. The lowest BCUT2D eigenvalue weighted by Crippen LogP contribution is -2.32. The van der Waals surface area contributed by atoms with E-state index in [0.717, 1.165) is 38.8 Å². The minimum atomic E-state index is -0.283. The molecule has 2 aliphatic rings. The second kappa shape index (κ2) is 7.83. The maximum Gasteiger partial charge on any atom is 0.218 e. The van der Waals surface area contributed by atoms with Gasteiger partial charge in [-0.3, -0.25) is 4.79 Å². The number of rotatable bonds is 8. The van der Waals surface area contributed by atoms with E-state index < -0.39 is 0 Å². The Morgan fingerprint density at radius 1 is 1.28 bits per heavy atom. The maximum atomic E-state index is 12.0. The molecule has 0 saturated carbocycles. The smallest absolute Gasteiger partial charge is 0.218 e. The molecule has 3 N–H and O–H groups in total. The van der Waals surface area contributed by atoms with Gasteiger partial charge in [0.15, 0.2) is 0 Å². The number of benzene rings is 1. The Bertz CT molecular complexity index is 729. The number of allylic oxidation sites excluding steroid dienone is 6. The SMILES string of the molecule is CCNCCCCC1(CC(N)=O)C2=CC=CCC=C2c2ccccc21. The molecule has 0 aliphatic heterocycles. The number of hydrogen-bond acceptors (Lipinski definition) is 2. The average molecular weight is 336 g/mol. The van der Waals surface area contributed by atoms with E-state index in [1.165, 1.54) is 22.3 Å². The van der Waals surface area contributed by atoms with Crippen LogP contribution in [0.5, 0.6) is 0 Å². The minimum Gasteiger partial charge on any atom is -0.370 e. The largest absolute Gasteiger partial charge is 0.370 e. The fourth-order valence-corrected chi connectivity index (χ4v) is 4.28. The topological polar surface area (TPSA) is 55.1 Å². The third-order valence-electron chi connectivity index (χ3n) is 5.33. The van der Waals surface area contributed by atoms with Crippen LogP contribution in [0.25, 0.3) is 5.57 Å². The zero-order valence-electron chi connectivity index (χ0n) is 15.1. The first-order valence-corrected chi connectivity index (χ1v) is 9.36. The Morgan fingerprint density at radius 2 is 2.12 bits per heavy atom. The Morgan fingerprint density at radius 3 is 2.92 bits per heavy atom. The molecule has 0 saturated heterocycles. The van der Waals surface area contributed by atoms with Gasteiger partial charge in [0.2, 0.25) is 5.91 Å². The van der Waals surface area contributed by atoms with E-state index in [-0.39, 0.29) is 11.3 Å². The van der Waals surface area contributed by atoms with Gasteiger partial charge in [0.25, 0.3) is 0 Å². The highest BCUT2D eigenvalue weighted by molar-refractivity contribution is 5.93. The molecule has 0 bridgehead atoms. The molecule has 25 heavy (non-hydrogen) atoms. The third-order valence-corrected chi connectivity index (χ3v) is 5.33. The van der Waals surface area contributed by atoms with E-state index in [1.54, 1.807) is 0 Å². The summed E-state index contributed by atoms with van der Waals surface area (Å²) >= 11 is 0. The summed E-state index contributed by atoms with van der Waals surface area (Å²) in [4.78, 5) is 12.0. The van der Waals surface area contributed by atoms with Gasteiger partial charge < -0.3 is 11.1 Å². The van der Waals surface area contributed by atoms with Gasteiger partial charge in [0.05, 0.1) is 0 Å². The number of amides is 1. The van der Waals surface area contributed by atoms with Crippen LogP contribution in [0.4, 0.5) is 0 Å². The minimum absolute atomic E-state index is 0.225. The molecule has 0 radical (unpaired) electrons. The van der Waals surface area contributed by atoms with Crippen molar-refractivity contribution in [3.63, 3.8) is 0 Å². The summed E-state index contributed by atoms with van der Waals surface area (Å²) in [6, 6.07) is 8.53. The molecule has 1 unspecified atom stereocenters. The number of carbonyl (C=O) groups is 1. The van der Waals surface area contributed by atoms with Crippen LogP contribution in [0.1, 0.15) is 50.2 Å². The maximum absolute atomic E-state index is 12.0. The second-order valence-electron chi connectivity index (χ2n) is 6.94. The van der Waals surface area contributed by atoms with Crippen LogP contribution in [0.15, 0.2) is 54.1 Å². The predicted molar refractivity (Wildman–Crippen MR) is 104 cm³/mol. The van der Waals surface area contributed by atoms with Crippen LogP contribution >= 0.6 is 0 Å². The lowest BCUT2D eigenvalue weighted by molar-refractivity contribution is -0.119. The first kappa shape index (κ1) is 17.7. The van der Waals surface area contributed by atoms with Gasteiger partial charge >= 0.3 is 0 Å². The number of nitrogens with one attached hydrogen (secondary N) is 1. The zero-order chi connectivity index (χ0) is 17.7. The highest BCUT2D eigenvalue weighted by atomic mass is 16.1. The molecule has 0 aromatic heterocycles. The summed E-state index contributed by atoms with van der Waals surface area (Å²) in [5.41, 5.74) is 10.5. The Labute approximate surface area is 150 Å². The summed E-state index contributed by atoms with van der Waals surface area (Å²) in [6.45, 7) is 4.14. The molecule has 0 heterocycles. The van der Waals surface area contributed by atoms with E-state index >= 15 is 0 Å². The zero-order valence-corrected chi connectivity index (χ0v) is 15.1. The van der Waals surface area contributed by atoms with E-state index in [1.807, 2.05) is 0 Å². The molecule has 1 atom stereocenters. The molecule has 1 aromatic carbocycles. The average Bonchev–Trinajstić information content (AvgIpc) is 2.76. The molecule has 2 aliphatic carbocycles. The van der Waals surface area contributed by atoms with E-state index in [2.05, 4.69) is 60.8 Å². The molecule has 132 valence electrons. The molecule has 1 amide bonds. The van der Waals surface area contributed by atoms with Gasteiger partial charge in [0.1, 0.15) is 0 Å². The van der Waals surface area contributed by atoms with Gasteiger partial charge in [0, 0.05) is 11.8 Å². The van der Waals surface area contributed by atoms with Crippen LogP contribution in [-0.2, 0) is 10.2 Å². The van der Waals surface area contributed by atoms with Crippen LogP contribution in [0.2, 0.25) is 0 Å². The lowest BCUT2D eigenvalue weighted by Gasteiger charge is -2.31. The van der Waals surface area contributed by atoms with E-state index in [4.69, 9.17) is 5.73 Å². The number of carbonyl (C=O) groups excluding carboxylic acids is 1. The third kappa shape index (κ3) is 3.47. The number of hydrogen-bond donors (Lipinski definition) is 2. The predicted octanol–water partition coefficient (Wildman–Crippen LogP) is 3.86. The van der Waals surface area contributed by atoms with E-state index in [9.17, 15) is 4.79 Å². The second-order valence-corrected chi connectivity index (χ2v) is 6.94. The van der Waals surface area contributed by atoms with Crippen molar-refractivity contribution < 1.29 is 4.79 Å². The van der Waals surface area contributed by atoms with Crippen molar-refractivity contribution in [3.05, 3.63) is 65.3 Å². The molecule has 1 aromatic rings. The molecule has 3 rings (SSSR count). The number of fused-ring (bicyclic) bond motifs is 3. The van der Waals surface area contributed by atoms with Gasteiger partial charge in [-0.1, -0.05) is 61.9 Å². The quantitative estimate of drug-likeness (QED) is 0.708. The molecule has 3 nitrogen and oxygen atoms in total. The van der Waals surface area contributed by atoms with Gasteiger partial charge in [-0.05, 0) is 54.6 Å². The molecule has 3 heteroatoms. The number of nitrogens with two attached hydrogens (primary N) is 1. The standard InChI is InChI=1S/C22H28N2O/c1-2-24-15-9-8-14-22(16-21(23)25)19-12-5-3-4-10-17(19)18-11-6-7-13-20(18)22/h3,5-7,10-13,24H,2,4,8-9,14-16H2,1H3,(H2,23,25). The summed E-state index contributed by atoms with van der Waals surface area (Å²) in [5.74, 6) is -0.225. The number of primary amides is 1. The van der Waals surface area contributed by atoms with Gasteiger partial charge in [-0.15, -0.1) is 0 Å². The van der Waals surface area contributed by atoms with Crippen molar-refractivity contribution in [1.29, 1.82) is 0 Å². The number of unbranched alkanes of at least 4 members (excludes halogenated alkanes) is 1. The first-order chi connectivity index (χ1) is 12.2. The fraction of sp³-hybridized carbons (Fsp3) is 0.409. The van der Waals surface area contributed by atoms with Crippen LogP contribution in [0.3, 0.4) is 0 Å². The summed E-state index contributed by atoms with van der Waals surface area (Å²) in [6.07, 6.45) is 13.2. The summed E-state index contributed by atoms with van der Waals surface area (Å²) < 4.78 is 0. The summed E-state index contributed by atoms with van der Waals surface area (Å²) in [5, 5.41) is 3.38. The molecule has 0 spiro atoms. The molecule has 0 fully saturated rings. The van der Waals surface area contributed by atoms with Crippen molar-refractivity contribution in [3.8, 4) is 0 Å².